The van der Waals surface area contributed by atoms with E-state index in [0.29, 0.717) is 11.5 Å². The Kier molecular flexibility index (Phi) is 5.05. The van der Waals surface area contributed by atoms with Gasteiger partial charge in [0.1, 0.15) is 0 Å². The Bertz CT molecular complexity index is 249. The Labute approximate surface area is 112 Å². The zero-order valence-corrected chi connectivity index (χ0v) is 12.4. The van der Waals surface area contributed by atoms with Crippen LogP contribution in [0.5, 0.6) is 0 Å². The lowest BCUT2D eigenvalue weighted by atomic mass is 9.70. The molecule has 0 aromatic carbocycles. The zero-order valence-electron chi connectivity index (χ0n) is 12.4. The van der Waals surface area contributed by atoms with Crippen LogP contribution in [-0.2, 0) is 4.74 Å². The molecule has 2 aliphatic rings. The third-order valence-corrected chi connectivity index (χ3v) is 5.01. The highest BCUT2D eigenvalue weighted by Gasteiger charge is 2.37. The van der Waals surface area contributed by atoms with Gasteiger partial charge in [-0.3, -0.25) is 0 Å². The Hall–Kier alpha value is -0.120. The van der Waals surface area contributed by atoms with Crippen molar-refractivity contribution in [2.45, 2.75) is 45.1 Å². The second kappa shape index (κ2) is 6.36. The van der Waals surface area contributed by atoms with Gasteiger partial charge in [0.15, 0.2) is 0 Å². The molecule has 0 aromatic heterocycles. The molecule has 1 N–H and O–H groups in total. The number of nitrogens with zero attached hydrogens (tertiary/aromatic N) is 1. The average Bonchev–Trinajstić information content (AvgIpc) is 2.81. The molecular formula is C15H30N2O. The van der Waals surface area contributed by atoms with Gasteiger partial charge in [-0.1, -0.05) is 19.8 Å². The van der Waals surface area contributed by atoms with Gasteiger partial charge >= 0.3 is 0 Å². The maximum absolute atomic E-state index is 5.48. The first kappa shape index (κ1) is 14.3. The Balaban J connectivity index is 1.90. The van der Waals surface area contributed by atoms with Crippen molar-refractivity contribution in [3.8, 4) is 0 Å². The third-order valence-electron chi connectivity index (χ3n) is 5.01. The van der Waals surface area contributed by atoms with E-state index in [4.69, 9.17) is 4.74 Å². The van der Waals surface area contributed by atoms with Crippen LogP contribution < -0.4 is 5.32 Å². The summed E-state index contributed by atoms with van der Waals surface area (Å²) in [5, 5.41) is 3.43. The minimum absolute atomic E-state index is 0.471. The van der Waals surface area contributed by atoms with Gasteiger partial charge in [0, 0.05) is 33.3 Å². The third kappa shape index (κ3) is 3.46. The van der Waals surface area contributed by atoms with Crippen LogP contribution in [-0.4, -0.2) is 51.3 Å². The summed E-state index contributed by atoms with van der Waals surface area (Å²) in [6.45, 7) is 7.20. The highest BCUT2D eigenvalue weighted by molar-refractivity contribution is 4.91. The second-order valence-electron chi connectivity index (χ2n) is 6.59. The molecule has 1 saturated carbocycles. The van der Waals surface area contributed by atoms with Crippen molar-refractivity contribution in [3.05, 3.63) is 0 Å². The smallest absolute Gasteiger partial charge is 0.0710 e. The van der Waals surface area contributed by atoms with E-state index in [1.165, 1.54) is 51.7 Å². The van der Waals surface area contributed by atoms with Crippen LogP contribution in [0.2, 0.25) is 0 Å². The fraction of sp³-hybridized carbons (Fsp3) is 1.00. The molecule has 1 saturated heterocycles. The molecule has 2 rings (SSSR count). The van der Waals surface area contributed by atoms with Crippen molar-refractivity contribution in [2.75, 3.05) is 40.3 Å². The standard InChI is InChI=1S/C15H30N2O/c1-13-4-7-15(8-5-13,11-16-2)12-17-9-6-14(10-17)18-3/h13-14,16H,4-12H2,1-3H3. The van der Waals surface area contributed by atoms with Gasteiger partial charge in [0.25, 0.3) is 0 Å². The van der Waals surface area contributed by atoms with Gasteiger partial charge in [-0.25, -0.2) is 0 Å². The van der Waals surface area contributed by atoms with E-state index < -0.39 is 0 Å². The molecule has 106 valence electrons. The van der Waals surface area contributed by atoms with Crippen molar-refractivity contribution in [3.63, 3.8) is 0 Å². The molecule has 0 spiro atoms. The highest BCUT2D eigenvalue weighted by Crippen LogP contribution is 2.39. The van der Waals surface area contributed by atoms with Gasteiger partial charge in [-0.05, 0) is 37.6 Å². The number of methoxy groups -OCH3 is 1. The SMILES string of the molecule is CNCC1(CN2CCC(OC)C2)CCC(C)CC1. The van der Waals surface area contributed by atoms with Crippen LogP contribution in [0.4, 0.5) is 0 Å². The topological polar surface area (TPSA) is 24.5 Å². The summed E-state index contributed by atoms with van der Waals surface area (Å²) in [5.41, 5.74) is 0.518. The maximum Gasteiger partial charge on any atom is 0.0710 e. The summed E-state index contributed by atoms with van der Waals surface area (Å²) in [5.74, 6) is 0.931. The average molecular weight is 254 g/mol. The Morgan fingerprint density at radius 1 is 1.28 bits per heavy atom. The highest BCUT2D eigenvalue weighted by atomic mass is 16.5. The number of hydrogen-bond acceptors (Lipinski definition) is 3. The molecule has 1 aliphatic carbocycles. The van der Waals surface area contributed by atoms with Crippen molar-refractivity contribution < 1.29 is 4.74 Å². The molecule has 1 heterocycles. The predicted molar refractivity (Wildman–Crippen MR) is 75.8 cm³/mol. The molecule has 3 nitrogen and oxygen atoms in total. The summed E-state index contributed by atoms with van der Waals surface area (Å²) >= 11 is 0. The summed E-state index contributed by atoms with van der Waals surface area (Å²) in [6.07, 6.45) is 7.28. The molecule has 0 bridgehead atoms. The molecule has 0 aromatic rings. The molecule has 2 fully saturated rings. The lowest BCUT2D eigenvalue weighted by molar-refractivity contribution is 0.0766. The van der Waals surface area contributed by atoms with E-state index in [1.807, 2.05) is 7.11 Å². The van der Waals surface area contributed by atoms with E-state index in [-0.39, 0.29) is 0 Å². The first-order chi connectivity index (χ1) is 8.67. The van der Waals surface area contributed by atoms with E-state index >= 15 is 0 Å². The monoisotopic (exact) mass is 254 g/mol. The molecule has 1 unspecified atom stereocenters. The molecule has 18 heavy (non-hydrogen) atoms. The second-order valence-corrected chi connectivity index (χ2v) is 6.59. The number of rotatable bonds is 5. The minimum Gasteiger partial charge on any atom is -0.380 e. The lowest BCUT2D eigenvalue weighted by Crippen LogP contribution is -2.45. The Morgan fingerprint density at radius 3 is 2.56 bits per heavy atom. The van der Waals surface area contributed by atoms with Crippen molar-refractivity contribution in [1.82, 2.24) is 10.2 Å². The molecule has 3 heteroatoms. The van der Waals surface area contributed by atoms with Crippen molar-refractivity contribution in [2.24, 2.45) is 11.3 Å². The van der Waals surface area contributed by atoms with Gasteiger partial charge in [0.2, 0.25) is 0 Å². The van der Waals surface area contributed by atoms with Crippen LogP contribution >= 0.6 is 0 Å². The van der Waals surface area contributed by atoms with Crippen molar-refractivity contribution in [1.29, 1.82) is 0 Å². The van der Waals surface area contributed by atoms with E-state index in [2.05, 4.69) is 24.2 Å². The van der Waals surface area contributed by atoms with Gasteiger partial charge in [-0.15, -0.1) is 0 Å². The summed E-state index contributed by atoms with van der Waals surface area (Å²) < 4.78 is 5.48. The van der Waals surface area contributed by atoms with Crippen LogP contribution in [0.1, 0.15) is 39.0 Å². The predicted octanol–water partition coefficient (Wildman–Crippen LogP) is 2.12. The van der Waals surface area contributed by atoms with Gasteiger partial charge < -0.3 is 15.0 Å². The summed E-state index contributed by atoms with van der Waals surface area (Å²) in [7, 11) is 3.95. The fourth-order valence-electron chi connectivity index (χ4n) is 3.75. The summed E-state index contributed by atoms with van der Waals surface area (Å²) in [4.78, 5) is 2.63. The summed E-state index contributed by atoms with van der Waals surface area (Å²) in [6, 6.07) is 0. The zero-order chi connectivity index (χ0) is 13.0. The van der Waals surface area contributed by atoms with Crippen LogP contribution in [0.3, 0.4) is 0 Å². The van der Waals surface area contributed by atoms with E-state index in [1.54, 1.807) is 0 Å². The first-order valence-electron chi connectivity index (χ1n) is 7.57. The van der Waals surface area contributed by atoms with Crippen LogP contribution in [0, 0.1) is 11.3 Å². The number of nitrogens with one attached hydrogen (secondary N) is 1. The quantitative estimate of drug-likeness (QED) is 0.813. The maximum atomic E-state index is 5.48. The minimum atomic E-state index is 0.471. The van der Waals surface area contributed by atoms with Crippen molar-refractivity contribution >= 4 is 0 Å². The molecule has 0 radical (unpaired) electrons. The fourth-order valence-corrected chi connectivity index (χ4v) is 3.75. The van der Waals surface area contributed by atoms with Gasteiger partial charge in [-0.2, -0.15) is 0 Å². The van der Waals surface area contributed by atoms with E-state index in [0.717, 1.165) is 12.5 Å². The molecule has 1 aliphatic heterocycles. The molecular weight excluding hydrogens is 224 g/mol. The number of hydrogen-bond donors (Lipinski definition) is 1. The number of ether oxygens (including phenoxy) is 1. The lowest BCUT2D eigenvalue weighted by Gasteiger charge is -2.42. The van der Waals surface area contributed by atoms with Crippen LogP contribution in [0.15, 0.2) is 0 Å². The Morgan fingerprint density at radius 2 is 2.00 bits per heavy atom. The molecule has 0 amide bonds. The largest absolute Gasteiger partial charge is 0.380 e. The molecule has 1 atom stereocenters. The first-order valence-corrected chi connectivity index (χ1v) is 7.57. The number of likely N-dealkylation sites (tertiary alicyclic amines) is 1. The van der Waals surface area contributed by atoms with E-state index in [9.17, 15) is 0 Å². The van der Waals surface area contributed by atoms with Crippen LogP contribution in [0.25, 0.3) is 0 Å². The van der Waals surface area contributed by atoms with Gasteiger partial charge in [0.05, 0.1) is 6.10 Å². The normalized spacial score (nSPS) is 38.2.